The summed E-state index contributed by atoms with van der Waals surface area (Å²) in [5.41, 5.74) is 1.91. The van der Waals surface area contributed by atoms with Crippen LogP contribution in [0.1, 0.15) is 48.0 Å². The van der Waals surface area contributed by atoms with Crippen molar-refractivity contribution in [3.8, 4) is 0 Å². The summed E-state index contributed by atoms with van der Waals surface area (Å²) in [6, 6.07) is 12.9. The van der Waals surface area contributed by atoms with E-state index in [1.54, 1.807) is 0 Å². The minimum atomic E-state index is -0.320. The summed E-state index contributed by atoms with van der Waals surface area (Å²) < 4.78 is 12.9. The lowest BCUT2D eigenvalue weighted by molar-refractivity contribution is 0.00578. The lowest BCUT2D eigenvalue weighted by Gasteiger charge is -2.33. The van der Waals surface area contributed by atoms with E-state index in [1.807, 2.05) is 0 Å². The molecule has 0 spiro atoms. The van der Waals surface area contributed by atoms with Gasteiger partial charge in [-0.1, -0.05) is 44.5 Å². The highest BCUT2D eigenvalue weighted by molar-refractivity contribution is 6.80. The largest absolute Gasteiger partial charge is 0.457 e. The first-order valence-electron chi connectivity index (χ1n) is 10.1. The van der Waals surface area contributed by atoms with Crippen LogP contribution in [0.2, 0.25) is 5.72 Å². The van der Waals surface area contributed by atoms with Crippen molar-refractivity contribution >= 4 is 36.2 Å². The Bertz CT molecular complexity index is 796. The number of hydrogen-bond acceptors (Lipinski definition) is 4. The fourth-order valence-electron chi connectivity index (χ4n) is 4.18. The molecule has 0 amide bonds. The zero-order valence-electron chi connectivity index (χ0n) is 17.3. The standard InChI is InChI=1S/C21H30B2N2O2/c1-14(2)13-18(23-26-20(3,4)21(5,6)27-23)22-24-16-11-7-9-15-10-8-12-17(25-22)19(15)16/h7-12,14,18,24-25H,13H2,1-6H3. The highest BCUT2D eigenvalue weighted by Crippen LogP contribution is 2.44. The predicted molar refractivity (Wildman–Crippen MR) is 116 cm³/mol. The molecule has 0 aliphatic carbocycles. The smallest absolute Gasteiger partial charge is 0.409 e. The molecular weight excluding hydrogens is 334 g/mol. The van der Waals surface area contributed by atoms with Gasteiger partial charge in [-0.2, -0.15) is 0 Å². The van der Waals surface area contributed by atoms with Crippen LogP contribution in [0.3, 0.4) is 0 Å². The Morgan fingerprint density at radius 1 is 0.889 bits per heavy atom. The third-order valence-corrected chi connectivity index (χ3v) is 6.32. The zero-order valence-corrected chi connectivity index (χ0v) is 17.3. The van der Waals surface area contributed by atoms with Crippen LogP contribution in [0.15, 0.2) is 36.4 Å². The minimum absolute atomic E-state index is 0.0580. The van der Waals surface area contributed by atoms with Crippen LogP contribution in [0, 0.1) is 5.92 Å². The molecule has 0 saturated carbocycles. The first-order valence-corrected chi connectivity index (χ1v) is 10.1. The predicted octanol–water partition coefficient (Wildman–Crippen LogP) is 5.21. The van der Waals surface area contributed by atoms with Crippen LogP contribution in [-0.4, -0.2) is 25.3 Å². The Hall–Kier alpha value is -1.65. The molecule has 2 N–H and O–H groups in total. The molecule has 0 radical (unpaired) electrons. The molecule has 0 bridgehead atoms. The van der Waals surface area contributed by atoms with Crippen molar-refractivity contribution in [3.05, 3.63) is 36.4 Å². The van der Waals surface area contributed by atoms with Crippen molar-refractivity contribution < 1.29 is 9.31 Å². The van der Waals surface area contributed by atoms with Gasteiger partial charge < -0.3 is 19.8 Å². The molecule has 1 atom stereocenters. The summed E-state index contributed by atoms with van der Waals surface area (Å²) in [5.74, 6) is 0.547. The second-order valence-electron chi connectivity index (χ2n) is 9.39. The maximum atomic E-state index is 6.44. The topological polar surface area (TPSA) is 42.5 Å². The van der Waals surface area contributed by atoms with Crippen molar-refractivity contribution in [2.45, 2.75) is 64.9 Å². The van der Waals surface area contributed by atoms with E-state index in [2.05, 4.69) is 88.4 Å². The van der Waals surface area contributed by atoms with Crippen LogP contribution in [0.5, 0.6) is 0 Å². The third kappa shape index (κ3) is 3.23. The third-order valence-electron chi connectivity index (χ3n) is 6.32. The zero-order chi connectivity index (χ0) is 19.4. The van der Waals surface area contributed by atoms with E-state index in [1.165, 1.54) is 22.1 Å². The Labute approximate surface area is 163 Å². The molecule has 4 nitrogen and oxygen atoms in total. The van der Waals surface area contributed by atoms with Gasteiger partial charge in [0.05, 0.1) is 11.2 Å². The summed E-state index contributed by atoms with van der Waals surface area (Å²) in [4.78, 5) is 0. The number of hydrogen-bond donors (Lipinski definition) is 2. The highest BCUT2D eigenvalue weighted by Gasteiger charge is 2.56. The molecule has 2 aromatic carbocycles. The monoisotopic (exact) mass is 364 g/mol. The molecule has 2 heterocycles. The van der Waals surface area contributed by atoms with Crippen molar-refractivity contribution in [1.29, 1.82) is 0 Å². The van der Waals surface area contributed by atoms with Crippen molar-refractivity contribution in [3.63, 3.8) is 0 Å². The lowest BCUT2D eigenvalue weighted by atomic mass is 9.43. The second kappa shape index (κ2) is 6.46. The molecule has 142 valence electrons. The molecule has 2 aromatic rings. The van der Waals surface area contributed by atoms with Gasteiger partial charge in [0.1, 0.15) is 0 Å². The molecule has 2 aliphatic heterocycles. The quantitative estimate of drug-likeness (QED) is 0.731. The van der Waals surface area contributed by atoms with Gasteiger partial charge in [0.2, 0.25) is 0 Å². The molecule has 1 unspecified atom stereocenters. The maximum Gasteiger partial charge on any atom is 0.457 e. The van der Waals surface area contributed by atoms with Gasteiger partial charge in [-0.3, -0.25) is 0 Å². The number of nitrogens with one attached hydrogen (secondary N) is 2. The van der Waals surface area contributed by atoms with Gasteiger partial charge in [0.15, 0.2) is 0 Å². The number of rotatable bonds is 4. The average molecular weight is 364 g/mol. The average Bonchev–Trinajstić information content (AvgIpc) is 2.80. The SMILES string of the molecule is CC(C)CC(B1Nc2cccc3cccc(c23)N1)B1OC(C)(C)C(C)(C)O1. The van der Waals surface area contributed by atoms with Crippen LogP contribution < -0.4 is 10.5 Å². The fraction of sp³-hybridized carbons (Fsp3) is 0.524. The Balaban J connectivity index is 1.67. The molecule has 2 aliphatic rings. The molecule has 1 fully saturated rings. The molecule has 27 heavy (non-hydrogen) atoms. The molecule has 0 aromatic heterocycles. The summed E-state index contributed by atoms with van der Waals surface area (Å²) in [6.45, 7) is 13.1. The van der Waals surface area contributed by atoms with E-state index in [0.717, 1.165) is 6.42 Å². The normalized spacial score (nSPS) is 21.3. The Morgan fingerprint density at radius 3 is 1.89 bits per heavy atom. The first-order chi connectivity index (χ1) is 12.7. The van der Waals surface area contributed by atoms with Crippen LogP contribution in [0.4, 0.5) is 11.4 Å². The summed E-state index contributed by atoms with van der Waals surface area (Å²) in [5, 5.41) is 9.96. The fourth-order valence-corrected chi connectivity index (χ4v) is 4.18. The summed E-state index contributed by atoms with van der Waals surface area (Å²) in [6.07, 6.45) is 1.01. The van der Waals surface area contributed by atoms with Crippen molar-refractivity contribution in [2.75, 3.05) is 10.5 Å². The van der Waals surface area contributed by atoms with Gasteiger partial charge >= 0.3 is 14.1 Å². The number of anilines is 2. The van der Waals surface area contributed by atoms with Gasteiger partial charge in [0.25, 0.3) is 0 Å². The van der Waals surface area contributed by atoms with Crippen molar-refractivity contribution in [2.24, 2.45) is 5.92 Å². The minimum Gasteiger partial charge on any atom is -0.409 e. The summed E-state index contributed by atoms with van der Waals surface area (Å²) >= 11 is 0. The van der Waals surface area contributed by atoms with E-state index in [4.69, 9.17) is 9.31 Å². The van der Waals surface area contributed by atoms with Crippen LogP contribution in [-0.2, 0) is 9.31 Å². The Kier molecular flexibility index (Phi) is 4.47. The lowest BCUT2D eigenvalue weighted by Crippen LogP contribution is -2.48. The number of benzene rings is 2. The van der Waals surface area contributed by atoms with E-state index >= 15 is 0 Å². The van der Waals surface area contributed by atoms with Crippen molar-refractivity contribution in [1.82, 2.24) is 0 Å². The molecule has 6 heteroatoms. The maximum absolute atomic E-state index is 6.44. The van der Waals surface area contributed by atoms with Gasteiger partial charge in [0, 0.05) is 22.5 Å². The summed E-state index contributed by atoms with van der Waals surface area (Å²) in [7, 11) is -0.244. The Morgan fingerprint density at radius 2 is 1.41 bits per heavy atom. The van der Waals surface area contributed by atoms with Crippen LogP contribution >= 0.6 is 0 Å². The highest BCUT2D eigenvalue weighted by atomic mass is 16.7. The molecular formula is C21H30B2N2O2. The van der Waals surface area contributed by atoms with E-state index in [0.29, 0.717) is 5.92 Å². The van der Waals surface area contributed by atoms with E-state index in [-0.39, 0.29) is 31.0 Å². The second-order valence-corrected chi connectivity index (χ2v) is 9.39. The van der Waals surface area contributed by atoms with Gasteiger partial charge in [-0.15, -0.1) is 0 Å². The van der Waals surface area contributed by atoms with Crippen LogP contribution in [0.25, 0.3) is 10.8 Å². The molecule has 1 saturated heterocycles. The van der Waals surface area contributed by atoms with Gasteiger partial charge in [-0.25, -0.2) is 0 Å². The molecule has 4 rings (SSSR count). The van der Waals surface area contributed by atoms with Gasteiger partial charge in [-0.05, 0) is 51.1 Å². The first kappa shape index (κ1) is 18.7. The van der Waals surface area contributed by atoms with E-state index < -0.39 is 0 Å². The van der Waals surface area contributed by atoms with E-state index in [9.17, 15) is 0 Å².